The van der Waals surface area contributed by atoms with Crippen LogP contribution in [0.25, 0.3) is 0 Å². The molecule has 1 amide bonds. The van der Waals surface area contributed by atoms with Crippen molar-refractivity contribution in [2.45, 2.75) is 12.5 Å². The van der Waals surface area contributed by atoms with Crippen LogP contribution in [0.1, 0.15) is 29.2 Å². The molecule has 1 aromatic heterocycles. The van der Waals surface area contributed by atoms with E-state index in [0.29, 0.717) is 0 Å². The van der Waals surface area contributed by atoms with Crippen LogP contribution in [0.3, 0.4) is 0 Å². The van der Waals surface area contributed by atoms with E-state index in [9.17, 15) is 9.59 Å². The van der Waals surface area contributed by atoms with E-state index >= 15 is 0 Å². The fraction of sp³-hybridized carbons (Fsp3) is 0.167. The quantitative estimate of drug-likeness (QED) is 0.662. The Balaban J connectivity index is 1.69. The molecule has 0 saturated carbocycles. The SMILES string of the molecule is Cn1cc(C#Cc2ccc(C(N)CC3=NC=NC(=O)C3=O)cc2)cn1. The second-order valence-corrected chi connectivity index (χ2v) is 5.54. The third kappa shape index (κ3) is 3.94. The third-order valence-electron chi connectivity index (χ3n) is 3.65. The maximum absolute atomic E-state index is 11.7. The largest absolute Gasteiger partial charge is 0.324 e. The van der Waals surface area contributed by atoms with Crippen LogP contribution in [0.2, 0.25) is 0 Å². The predicted octanol–water partition coefficient (Wildman–Crippen LogP) is 0.788. The first-order valence-corrected chi connectivity index (χ1v) is 7.57. The molecule has 0 fully saturated rings. The summed E-state index contributed by atoms with van der Waals surface area (Å²) in [5, 5.41) is 4.06. The van der Waals surface area contributed by atoms with Gasteiger partial charge in [-0.3, -0.25) is 14.3 Å². The maximum Gasteiger partial charge on any atom is 0.320 e. The number of carbonyl (C=O) groups is 2. The van der Waals surface area contributed by atoms with Gasteiger partial charge in [0, 0.05) is 31.3 Å². The summed E-state index contributed by atoms with van der Waals surface area (Å²) in [6.07, 6.45) is 4.80. The third-order valence-corrected chi connectivity index (χ3v) is 3.65. The Hall–Kier alpha value is -3.37. The van der Waals surface area contributed by atoms with Crippen LogP contribution in [0.15, 0.2) is 46.6 Å². The molecule has 0 radical (unpaired) electrons. The van der Waals surface area contributed by atoms with E-state index in [4.69, 9.17) is 5.73 Å². The summed E-state index contributed by atoms with van der Waals surface area (Å²) < 4.78 is 1.69. The number of hydrogen-bond donors (Lipinski definition) is 1. The molecule has 1 aromatic carbocycles. The number of amides is 1. The molecule has 0 bridgehead atoms. The van der Waals surface area contributed by atoms with Crippen LogP contribution in [0.5, 0.6) is 0 Å². The fourth-order valence-corrected chi connectivity index (χ4v) is 2.31. The van der Waals surface area contributed by atoms with Crippen molar-refractivity contribution in [3.8, 4) is 11.8 Å². The van der Waals surface area contributed by atoms with Gasteiger partial charge in [0.1, 0.15) is 6.34 Å². The molecular formula is C18H15N5O2. The molecule has 2 heterocycles. The molecule has 7 nitrogen and oxygen atoms in total. The van der Waals surface area contributed by atoms with Crippen molar-refractivity contribution in [3.63, 3.8) is 0 Å². The minimum Gasteiger partial charge on any atom is -0.324 e. The number of ketones is 1. The molecule has 1 unspecified atom stereocenters. The van der Waals surface area contributed by atoms with Crippen molar-refractivity contribution in [3.05, 3.63) is 53.3 Å². The van der Waals surface area contributed by atoms with Gasteiger partial charge in [-0.1, -0.05) is 24.0 Å². The summed E-state index contributed by atoms with van der Waals surface area (Å²) >= 11 is 0. The number of aryl methyl sites for hydroxylation is 1. The highest BCUT2D eigenvalue weighted by Gasteiger charge is 2.24. The number of Topliss-reactive ketones (excluding diaryl/α,β-unsaturated/α-hetero) is 1. The van der Waals surface area contributed by atoms with Gasteiger partial charge in [-0.2, -0.15) is 10.1 Å². The molecule has 1 atom stereocenters. The van der Waals surface area contributed by atoms with Crippen molar-refractivity contribution >= 4 is 23.7 Å². The monoisotopic (exact) mass is 333 g/mol. The van der Waals surface area contributed by atoms with Crippen LogP contribution >= 0.6 is 0 Å². The first kappa shape index (κ1) is 16.5. The lowest BCUT2D eigenvalue weighted by Gasteiger charge is -2.13. The van der Waals surface area contributed by atoms with Crippen LogP contribution in [-0.2, 0) is 16.6 Å². The lowest BCUT2D eigenvalue weighted by atomic mass is 9.98. The molecule has 2 aromatic rings. The summed E-state index contributed by atoms with van der Waals surface area (Å²) in [6, 6.07) is 6.97. The van der Waals surface area contributed by atoms with Gasteiger partial charge in [-0.25, -0.2) is 4.99 Å². The topological polar surface area (TPSA) is 103 Å². The lowest BCUT2D eigenvalue weighted by Crippen LogP contribution is -2.29. The van der Waals surface area contributed by atoms with E-state index in [0.717, 1.165) is 23.0 Å². The van der Waals surface area contributed by atoms with E-state index < -0.39 is 17.7 Å². The van der Waals surface area contributed by atoms with Gasteiger partial charge < -0.3 is 5.73 Å². The Morgan fingerprint density at radius 1 is 1.16 bits per heavy atom. The van der Waals surface area contributed by atoms with Crippen LogP contribution in [0.4, 0.5) is 0 Å². The standard InChI is InChI=1S/C18H15N5O2/c1-23-10-13(9-22-23)3-2-12-4-6-14(7-5-12)15(19)8-16-17(24)18(25)21-11-20-16/h4-7,9-11,15H,8,19H2,1H3. The normalized spacial score (nSPS) is 14.7. The number of aromatic nitrogens is 2. The van der Waals surface area contributed by atoms with Crippen LogP contribution in [-0.4, -0.2) is 33.5 Å². The summed E-state index contributed by atoms with van der Waals surface area (Å²) in [6.45, 7) is 0. The second-order valence-electron chi connectivity index (χ2n) is 5.54. The molecular weight excluding hydrogens is 318 g/mol. The Morgan fingerprint density at radius 2 is 1.88 bits per heavy atom. The molecule has 1 aliphatic rings. The first-order chi connectivity index (χ1) is 12.0. The van der Waals surface area contributed by atoms with E-state index in [-0.39, 0.29) is 12.1 Å². The Kier molecular flexibility index (Phi) is 4.64. The number of carbonyl (C=O) groups excluding carboxylic acids is 2. The molecule has 1 aliphatic heterocycles. The average molecular weight is 333 g/mol. The van der Waals surface area contributed by atoms with E-state index in [1.54, 1.807) is 10.9 Å². The highest BCUT2D eigenvalue weighted by atomic mass is 16.2. The number of aliphatic imine (C=N–C) groups is 2. The Bertz CT molecular complexity index is 942. The number of rotatable bonds is 3. The van der Waals surface area contributed by atoms with Gasteiger partial charge in [0.25, 0.3) is 5.78 Å². The number of nitrogens with two attached hydrogens (primary N) is 1. The molecule has 0 aliphatic carbocycles. The van der Waals surface area contributed by atoms with Gasteiger partial charge >= 0.3 is 5.91 Å². The van der Waals surface area contributed by atoms with E-state index in [1.165, 1.54) is 0 Å². The molecule has 124 valence electrons. The van der Waals surface area contributed by atoms with Crippen molar-refractivity contribution in [1.29, 1.82) is 0 Å². The van der Waals surface area contributed by atoms with Crippen molar-refractivity contribution in [2.24, 2.45) is 22.8 Å². The van der Waals surface area contributed by atoms with E-state index in [2.05, 4.69) is 26.9 Å². The summed E-state index contributed by atoms with van der Waals surface area (Å²) in [5.74, 6) is 4.57. The first-order valence-electron chi connectivity index (χ1n) is 7.57. The molecule has 25 heavy (non-hydrogen) atoms. The van der Waals surface area contributed by atoms with Crippen molar-refractivity contribution < 1.29 is 9.59 Å². The van der Waals surface area contributed by atoms with Crippen LogP contribution < -0.4 is 5.73 Å². The number of benzene rings is 1. The number of hydrogen-bond acceptors (Lipinski definition) is 5. The van der Waals surface area contributed by atoms with Gasteiger partial charge in [0.2, 0.25) is 0 Å². The van der Waals surface area contributed by atoms with Crippen molar-refractivity contribution in [1.82, 2.24) is 9.78 Å². The number of nitrogens with zero attached hydrogens (tertiary/aromatic N) is 4. The highest BCUT2D eigenvalue weighted by molar-refractivity contribution is 6.66. The molecule has 0 saturated heterocycles. The zero-order valence-electron chi connectivity index (χ0n) is 13.5. The van der Waals surface area contributed by atoms with Gasteiger partial charge in [-0.05, 0) is 17.7 Å². The average Bonchev–Trinajstić information content (AvgIpc) is 3.03. The fourth-order valence-electron chi connectivity index (χ4n) is 2.31. The molecule has 7 heteroatoms. The smallest absolute Gasteiger partial charge is 0.320 e. The van der Waals surface area contributed by atoms with Gasteiger partial charge in [0.05, 0.1) is 17.5 Å². The lowest BCUT2D eigenvalue weighted by molar-refractivity contribution is -0.132. The van der Waals surface area contributed by atoms with Gasteiger partial charge in [-0.15, -0.1) is 0 Å². The van der Waals surface area contributed by atoms with Gasteiger partial charge in [0.15, 0.2) is 0 Å². The zero-order chi connectivity index (χ0) is 17.8. The predicted molar refractivity (Wildman–Crippen MR) is 93.1 cm³/mol. The molecule has 3 rings (SSSR count). The van der Waals surface area contributed by atoms with E-state index in [1.807, 2.05) is 37.5 Å². The van der Waals surface area contributed by atoms with Crippen LogP contribution in [0, 0.1) is 11.8 Å². The minimum atomic E-state index is -0.807. The second kappa shape index (κ2) is 7.03. The Morgan fingerprint density at radius 3 is 2.56 bits per heavy atom. The van der Waals surface area contributed by atoms with Crippen molar-refractivity contribution in [2.75, 3.05) is 0 Å². The molecule has 0 spiro atoms. The Labute approximate surface area is 144 Å². The highest BCUT2D eigenvalue weighted by Crippen LogP contribution is 2.16. The minimum absolute atomic E-state index is 0.132. The summed E-state index contributed by atoms with van der Waals surface area (Å²) in [5.41, 5.74) is 8.76. The maximum atomic E-state index is 11.7. The zero-order valence-corrected chi connectivity index (χ0v) is 13.5. The molecule has 2 N–H and O–H groups in total. The summed E-state index contributed by atoms with van der Waals surface area (Å²) in [4.78, 5) is 30.2. The summed E-state index contributed by atoms with van der Waals surface area (Å²) in [7, 11) is 1.84.